The van der Waals surface area contributed by atoms with Gasteiger partial charge in [-0.05, 0) is 18.2 Å². The van der Waals surface area contributed by atoms with Crippen molar-refractivity contribution in [2.75, 3.05) is 7.11 Å². The van der Waals surface area contributed by atoms with Gasteiger partial charge in [-0.25, -0.2) is 8.42 Å². The van der Waals surface area contributed by atoms with Crippen LogP contribution in [0, 0.1) is 0 Å². The van der Waals surface area contributed by atoms with E-state index in [1.54, 1.807) is 0 Å². The second kappa shape index (κ2) is 11.7. The number of rotatable bonds is 6. The molecular weight excluding hydrogens is 478 g/mol. The number of hydrogen-bond donors (Lipinski definition) is 2. The standard InChI is InChI=1S/C16H12O11S2.2Na/c1-24-8-5-10(18)13-12(6-8)25-15(16(14(13)19)27-29(22)23)7-2-3-9(17)11(4-7)26-28(20)21;;/h2-6,17-18H,1H3,(H,20,21)(H,22,23);;/q;2*+1/p-2. The molecule has 0 saturated heterocycles. The van der Waals surface area contributed by atoms with Gasteiger partial charge in [0, 0.05) is 17.7 Å². The fourth-order valence-electron chi connectivity index (χ4n) is 2.50. The number of hydrogen-bond acceptors (Lipinski definition) is 11. The molecule has 0 saturated carbocycles. The number of phenolic OH excluding ortho intramolecular Hbond substituents is 2. The van der Waals surface area contributed by atoms with Crippen LogP contribution in [0.15, 0.2) is 39.5 Å². The summed E-state index contributed by atoms with van der Waals surface area (Å²) in [6.45, 7) is 0. The van der Waals surface area contributed by atoms with Gasteiger partial charge in [-0.15, -0.1) is 0 Å². The Hall–Kier alpha value is -1.13. The SMILES string of the molecule is COc1cc(O)c2c(=O)c(OS(=O)[O-])c(-c3ccc(O)c(OS(=O)[O-])c3)oc2c1.[Na+].[Na+]. The Labute approximate surface area is 223 Å². The molecule has 0 amide bonds. The molecule has 0 fully saturated rings. The second-order valence-corrected chi connectivity index (χ2v) is 6.52. The monoisotopic (exact) mass is 488 g/mol. The third-order valence-corrected chi connectivity index (χ3v) is 4.29. The van der Waals surface area contributed by atoms with Crippen molar-refractivity contribution >= 4 is 33.7 Å². The Morgan fingerprint density at radius 3 is 2.19 bits per heavy atom. The van der Waals surface area contributed by atoms with Gasteiger partial charge >= 0.3 is 59.1 Å². The predicted molar refractivity (Wildman–Crippen MR) is 96.9 cm³/mol. The molecule has 0 spiro atoms. The van der Waals surface area contributed by atoms with Crippen molar-refractivity contribution in [1.29, 1.82) is 0 Å². The summed E-state index contributed by atoms with van der Waals surface area (Å²) in [7, 11) is 1.31. The van der Waals surface area contributed by atoms with Crippen molar-refractivity contribution in [2.24, 2.45) is 0 Å². The zero-order valence-corrected chi connectivity index (χ0v) is 21.9. The van der Waals surface area contributed by atoms with Crippen molar-refractivity contribution in [2.45, 2.75) is 0 Å². The maximum atomic E-state index is 12.8. The maximum absolute atomic E-state index is 12.8. The normalized spacial score (nSPS) is 12.2. The van der Waals surface area contributed by atoms with Gasteiger partial charge in [-0.1, -0.05) is 0 Å². The summed E-state index contributed by atoms with van der Waals surface area (Å²) >= 11 is -6.20. The number of benzene rings is 2. The summed E-state index contributed by atoms with van der Waals surface area (Å²) in [6, 6.07) is 5.59. The van der Waals surface area contributed by atoms with Crippen LogP contribution in [0.5, 0.6) is 28.7 Å². The molecule has 2 N–H and O–H groups in total. The van der Waals surface area contributed by atoms with E-state index in [0.29, 0.717) is 0 Å². The summed E-state index contributed by atoms with van der Waals surface area (Å²) in [5.41, 5.74) is -1.26. The number of aromatic hydroxyl groups is 2. The fourth-order valence-corrected chi connectivity index (χ4v) is 3.07. The van der Waals surface area contributed by atoms with Crippen LogP contribution in [0.3, 0.4) is 0 Å². The minimum Gasteiger partial charge on any atom is -0.740 e. The van der Waals surface area contributed by atoms with Crippen LogP contribution >= 0.6 is 0 Å². The van der Waals surface area contributed by atoms with Crippen LogP contribution in [0.4, 0.5) is 0 Å². The fraction of sp³-hybridized carbons (Fsp3) is 0.0625. The van der Waals surface area contributed by atoms with Gasteiger partial charge in [0.2, 0.25) is 11.2 Å². The summed E-state index contributed by atoms with van der Waals surface area (Å²) in [5, 5.41) is 19.4. The Kier molecular flexibility index (Phi) is 10.5. The number of ether oxygens (including phenoxy) is 1. The molecule has 0 aliphatic heterocycles. The molecule has 11 nitrogen and oxygen atoms in total. The van der Waals surface area contributed by atoms with Crippen LogP contribution in [-0.2, 0) is 22.7 Å². The van der Waals surface area contributed by atoms with Crippen molar-refractivity contribution in [1.82, 2.24) is 0 Å². The van der Waals surface area contributed by atoms with Crippen LogP contribution < -0.4 is 77.6 Å². The van der Waals surface area contributed by atoms with Crippen molar-refractivity contribution < 1.29 is 104 Å². The predicted octanol–water partition coefficient (Wildman–Crippen LogP) is -4.77. The minimum atomic E-state index is -3.18. The molecule has 0 radical (unpaired) electrons. The smallest absolute Gasteiger partial charge is 0.740 e. The van der Waals surface area contributed by atoms with E-state index in [9.17, 15) is 32.5 Å². The van der Waals surface area contributed by atoms with E-state index in [-0.39, 0.29) is 81.4 Å². The molecule has 154 valence electrons. The number of phenols is 2. The summed E-state index contributed by atoms with van der Waals surface area (Å²) in [6.07, 6.45) is 0. The zero-order valence-electron chi connectivity index (χ0n) is 16.3. The van der Waals surface area contributed by atoms with Gasteiger partial charge in [0.1, 0.15) is 45.2 Å². The Morgan fingerprint density at radius 2 is 1.61 bits per heavy atom. The second-order valence-electron chi connectivity index (χ2n) is 5.37. The van der Waals surface area contributed by atoms with Gasteiger partial charge in [0.25, 0.3) is 0 Å². The quantitative estimate of drug-likeness (QED) is 0.251. The van der Waals surface area contributed by atoms with Crippen LogP contribution in [0.1, 0.15) is 0 Å². The molecular formula is C16H10Na2O11S2. The third-order valence-electron chi connectivity index (χ3n) is 3.67. The maximum Gasteiger partial charge on any atom is 1.00 e. The van der Waals surface area contributed by atoms with E-state index in [0.717, 1.165) is 18.2 Å². The largest absolute Gasteiger partial charge is 1.00 e. The van der Waals surface area contributed by atoms with E-state index in [4.69, 9.17) is 9.15 Å². The molecule has 15 heteroatoms. The van der Waals surface area contributed by atoms with Crippen molar-refractivity contribution in [3.63, 3.8) is 0 Å². The average molecular weight is 488 g/mol. The van der Waals surface area contributed by atoms with Gasteiger partial charge in [-0.2, -0.15) is 0 Å². The molecule has 2 atom stereocenters. The first kappa shape index (κ1) is 27.9. The third kappa shape index (κ3) is 6.22. The van der Waals surface area contributed by atoms with Gasteiger partial charge < -0.3 is 36.8 Å². The minimum absolute atomic E-state index is 0. The number of fused-ring (bicyclic) bond motifs is 1. The Bertz CT molecular complexity index is 1210. The molecule has 1 aromatic heterocycles. The van der Waals surface area contributed by atoms with E-state index in [1.165, 1.54) is 19.2 Å². The Morgan fingerprint density at radius 1 is 0.968 bits per heavy atom. The van der Waals surface area contributed by atoms with Crippen molar-refractivity contribution in [3.8, 4) is 40.1 Å². The Balaban J connectivity index is 0.00000240. The molecule has 3 aromatic rings. The molecule has 31 heavy (non-hydrogen) atoms. The van der Waals surface area contributed by atoms with E-state index in [1.807, 2.05) is 0 Å². The summed E-state index contributed by atoms with van der Waals surface area (Å²) in [5.74, 6) is -2.69. The molecule has 1 heterocycles. The van der Waals surface area contributed by atoms with Gasteiger partial charge in [-0.3, -0.25) is 4.79 Å². The first-order valence-electron chi connectivity index (χ1n) is 7.47. The first-order valence-corrected chi connectivity index (χ1v) is 9.47. The van der Waals surface area contributed by atoms with Crippen LogP contribution in [0.25, 0.3) is 22.3 Å². The van der Waals surface area contributed by atoms with Gasteiger partial charge in [0.15, 0.2) is 17.3 Å². The summed E-state index contributed by atoms with van der Waals surface area (Å²) in [4.78, 5) is 12.8. The van der Waals surface area contributed by atoms with Crippen LogP contribution in [0.2, 0.25) is 0 Å². The molecule has 2 aromatic carbocycles. The molecule has 0 bridgehead atoms. The van der Waals surface area contributed by atoms with E-state index >= 15 is 0 Å². The molecule has 3 rings (SSSR count). The topological polar surface area (TPSA) is 179 Å². The average Bonchev–Trinajstić information content (AvgIpc) is 2.64. The van der Waals surface area contributed by atoms with Crippen molar-refractivity contribution in [3.05, 3.63) is 40.6 Å². The van der Waals surface area contributed by atoms with Gasteiger partial charge in [0.05, 0.1) is 7.11 Å². The number of methoxy groups -OCH3 is 1. The van der Waals surface area contributed by atoms with E-state index in [2.05, 4.69) is 8.37 Å². The van der Waals surface area contributed by atoms with E-state index < -0.39 is 56.9 Å². The molecule has 0 aliphatic rings. The molecule has 0 aliphatic carbocycles. The first-order chi connectivity index (χ1) is 13.7. The summed E-state index contributed by atoms with van der Waals surface area (Å²) < 4.78 is 63.2. The molecule has 2 unspecified atom stereocenters. The van der Waals surface area contributed by atoms with Crippen LogP contribution in [-0.4, -0.2) is 34.8 Å². The zero-order chi connectivity index (χ0) is 21.3.